The summed E-state index contributed by atoms with van der Waals surface area (Å²) in [6.07, 6.45) is 6.36. The average Bonchev–Trinajstić information content (AvgIpc) is 3.09. The van der Waals surface area contributed by atoms with E-state index in [0.29, 0.717) is 11.3 Å². The number of carbonyl (C=O) groups excluding carboxylic acids is 2. The number of ketones is 1. The van der Waals surface area contributed by atoms with Crippen molar-refractivity contribution in [2.24, 2.45) is 0 Å². The Bertz CT molecular complexity index is 1170. The molecule has 1 amide bonds. The Morgan fingerprint density at radius 3 is 2.50 bits per heavy atom. The number of amides is 1. The molecule has 6 heteroatoms. The molecule has 1 aromatic heterocycles. The molecule has 6 nitrogen and oxygen atoms in total. The van der Waals surface area contributed by atoms with Crippen LogP contribution in [-0.4, -0.2) is 33.8 Å². The van der Waals surface area contributed by atoms with Gasteiger partial charge in [-0.1, -0.05) is 54.6 Å². The van der Waals surface area contributed by atoms with E-state index in [-0.39, 0.29) is 12.1 Å². The molecule has 160 valence electrons. The number of methoxy groups -OCH3 is 1. The van der Waals surface area contributed by atoms with Gasteiger partial charge in [0, 0.05) is 18.9 Å². The fourth-order valence-corrected chi connectivity index (χ4v) is 3.72. The van der Waals surface area contributed by atoms with Crippen LogP contribution < -0.4 is 4.74 Å². The van der Waals surface area contributed by atoms with Gasteiger partial charge in [-0.2, -0.15) is 0 Å². The van der Waals surface area contributed by atoms with Crippen molar-refractivity contribution in [2.75, 3.05) is 7.11 Å². The molecule has 1 aliphatic heterocycles. The zero-order valence-corrected chi connectivity index (χ0v) is 17.5. The normalized spacial score (nSPS) is 16.1. The van der Waals surface area contributed by atoms with E-state index in [0.717, 1.165) is 11.1 Å². The molecular formula is C26H22N2O4. The summed E-state index contributed by atoms with van der Waals surface area (Å²) in [5.74, 6) is -0.889. The van der Waals surface area contributed by atoms with Crippen molar-refractivity contribution in [3.8, 4) is 5.75 Å². The lowest BCUT2D eigenvalue weighted by molar-refractivity contribution is -0.130. The van der Waals surface area contributed by atoms with Gasteiger partial charge in [0.05, 0.1) is 18.7 Å². The van der Waals surface area contributed by atoms with E-state index < -0.39 is 23.5 Å². The van der Waals surface area contributed by atoms with Gasteiger partial charge in [0.15, 0.2) is 11.5 Å². The van der Waals surface area contributed by atoms with E-state index in [9.17, 15) is 14.7 Å². The van der Waals surface area contributed by atoms with Crippen molar-refractivity contribution in [3.63, 3.8) is 0 Å². The summed E-state index contributed by atoms with van der Waals surface area (Å²) < 4.78 is 5.23. The fourth-order valence-electron chi connectivity index (χ4n) is 3.72. The molecule has 0 fully saturated rings. The Morgan fingerprint density at radius 2 is 1.84 bits per heavy atom. The van der Waals surface area contributed by atoms with Gasteiger partial charge in [0.1, 0.15) is 5.75 Å². The molecule has 1 N–H and O–H groups in total. The number of aromatic nitrogens is 1. The maximum absolute atomic E-state index is 13.2. The highest BCUT2D eigenvalue weighted by Crippen LogP contribution is 2.39. The number of hydrogen-bond acceptors (Lipinski definition) is 5. The van der Waals surface area contributed by atoms with Crippen molar-refractivity contribution < 1.29 is 19.4 Å². The number of aliphatic hydroxyl groups is 1. The summed E-state index contributed by atoms with van der Waals surface area (Å²) in [5.41, 5.74) is 2.39. The van der Waals surface area contributed by atoms with Crippen molar-refractivity contribution >= 4 is 17.8 Å². The molecule has 0 aliphatic carbocycles. The maximum atomic E-state index is 13.2. The molecule has 2 heterocycles. The van der Waals surface area contributed by atoms with E-state index >= 15 is 0 Å². The summed E-state index contributed by atoms with van der Waals surface area (Å²) in [7, 11) is 1.57. The van der Waals surface area contributed by atoms with Gasteiger partial charge in [-0.25, -0.2) is 0 Å². The third-order valence-electron chi connectivity index (χ3n) is 5.30. The molecule has 1 atom stereocenters. The van der Waals surface area contributed by atoms with E-state index in [1.165, 1.54) is 11.0 Å². The minimum atomic E-state index is -0.735. The first kappa shape index (κ1) is 21.1. The Balaban J connectivity index is 1.72. The van der Waals surface area contributed by atoms with Crippen LogP contribution in [0.3, 0.4) is 0 Å². The van der Waals surface area contributed by atoms with E-state index in [2.05, 4.69) is 4.98 Å². The highest BCUT2D eigenvalue weighted by Gasteiger charge is 2.42. The molecule has 0 radical (unpaired) electrons. The molecule has 1 unspecified atom stereocenters. The minimum absolute atomic E-state index is 0.0521. The van der Waals surface area contributed by atoms with Gasteiger partial charge in [0.25, 0.3) is 5.91 Å². The lowest BCUT2D eigenvalue weighted by Gasteiger charge is -2.26. The third kappa shape index (κ3) is 4.30. The summed E-state index contributed by atoms with van der Waals surface area (Å²) in [6.45, 7) is 0.201. The van der Waals surface area contributed by atoms with Gasteiger partial charge in [-0.3, -0.25) is 14.6 Å². The second kappa shape index (κ2) is 9.31. The molecule has 32 heavy (non-hydrogen) atoms. The molecule has 0 saturated heterocycles. The number of benzene rings is 2. The fraction of sp³-hybridized carbons (Fsp3) is 0.115. The van der Waals surface area contributed by atoms with Crippen LogP contribution in [0.15, 0.2) is 96.5 Å². The van der Waals surface area contributed by atoms with Crippen molar-refractivity contribution in [1.29, 1.82) is 0 Å². The first-order chi connectivity index (χ1) is 15.6. The lowest BCUT2D eigenvalue weighted by atomic mass is 9.95. The number of nitrogens with zero attached hydrogens (tertiary/aromatic N) is 2. The predicted octanol–water partition coefficient (Wildman–Crippen LogP) is 4.27. The zero-order valence-electron chi connectivity index (χ0n) is 17.5. The molecule has 0 bridgehead atoms. The van der Waals surface area contributed by atoms with Gasteiger partial charge in [-0.15, -0.1) is 0 Å². The maximum Gasteiger partial charge on any atom is 0.290 e. The number of aliphatic hydroxyl groups excluding tert-OH is 1. The van der Waals surface area contributed by atoms with E-state index in [4.69, 9.17) is 4.74 Å². The molecule has 0 saturated carbocycles. The van der Waals surface area contributed by atoms with Crippen LogP contribution in [0.25, 0.3) is 6.08 Å². The molecule has 1 aliphatic rings. The minimum Gasteiger partial charge on any atom is -0.503 e. The van der Waals surface area contributed by atoms with Crippen LogP contribution in [-0.2, 0) is 16.1 Å². The Kier molecular flexibility index (Phi) is 6.12. The Labute approximate surface area is 186 Å². The summed E-state index contributed by atoms with van der Waals surface area (Å²) in [5, 5.41) is 10.7. The van der Waals surface area contributed by atoms with Crippen molar-refractivity contribution in [3.05, 3.63) is 113 Å². The second-order valence-electron chi connectivity index (χ2n) is 7.34. The van der Waals surface area contributed by atoms with E-state index in [1.807, 2.05) is 36.4 Å². The average molecular weight is 426 g/mol. The molecule has 4 rings (SSSR count). The van der Waals surface area contributed by atoms with Crippen LogP contribution >= 0.6 is 0 Å². The number of hydrogen-bond donors (Lipinski definition) is 1. The first-order valence-corrected chi connectivity index (χ1v) is 10.1. The van der Waals surface area contributed by atoms with Crippen LogP contribution in [0.5, 0.6) is 5.75 Å². The largest absolute Gasteiger partial charge is 0.503 e. The number of allylic oxidation sites excluding steroid dienone is 1. The van der Waals surface area contributed by atoms with Gasteiger partial charge in [-0.05, 0) is 41.0 Å². The van der Waals surface area contributed by atoms with Crippen LogP contribution in [0.2, 0.25) is 0 Å². The summed E-state index contributed by atoms with van der Waals surface area (Å²) in [4.78, 5) is 31.7. The van der Waals surface area contributed by atoms with Crippen LogP contribution in [0.4, 0.5) is 0 Å². The molecule has 2 aromatic carbocycles. The van der Waals surface area contributed by atoms with E-state index in [1.54, 1.807) is 55.9 Å². The molecular weight excluding hydrogens is 404 g/mol. The van der Waals surface area contributed by atoms with Crippen LogP contribution in [0, 0.1) is 0 Å². The quantitative estimate of drug-likeness (QED) is 0.571. The van der Waals surface area contributed by atoms with Gasteiger partial charge < -0.3 is 14.7 Å². The van der Waals surface area contributed by atoms with Crippen LogP contribution in [0.1, 0.15) is 22.7 Å². The first-order valence-electron chi connectivity index (χ1n) is 10.1. The Hall–Kier alpha value is -4.19. The summed E-state index contributed by atoms with van der Waals surface area (Å²) >= 11 is 0. The standard InChI is InChI=1S/C26H22N2O4/c1-32-21-12-10-20(11-13-21)24-23(22(29)14-9-18-6-3-2-4-7-18)25(30)26(31)28(24)17-19-8-5-15-27-16-19/h2-16,24,30H,17H2,1H3/b14-9+. The molecule has 0 spiro atoms. The summed E-state index contributed by atoms with van der Waals surface area (Å²) in [6, 6.07) is 19.4. The SMILES string of the molecule is COc1ccc(C2C(C(=O)/C=C/c3ccccc3)=C(O)C(=O)N2Cc2cccnc2)cc1. The number of pyridine rings is 1. The topological polar surface area (TPSA) is 79.7 Å². The second-order valence-corrected chi connectivity index (χ2v) is 7.34. The number of carbonyl (C=O) groups is 2. The highest BCUT2D eigenvalue weighted by molar-refractivity contribution is 6.14. The number of rotatable bonds is 7. The zero-order chi connectivity index (χ0) is 22.5. The number of ether oxygens (including phenoxy) is 1. The highest BCUT2D eigenvalue weighted by atomic mass is 16.5. The molecule has 3 aromatic rings. The monoisotopic (exact) mass is 426 g/mol. The smallest absolute Gasteiger partial charge is 0.290 e. The van der Waals surface area contributed by atoms with Crippen molar-refractivity contribution in [2.45, 2.75) is 12.6 Å². The third-order valence-corrected chi connectivity index (χ3v) is 5.30. The predicted molar refractivity (Wildman–Crippen MR) is 121 cm³/mol. The van der Waals surface area contributed by atoms with Crippen molar-refractivity contribution in [1.82, 2.24) is 9.88 Å². The lowest BCUT2D eigenvalue weighted by Crippen LogP contribution is -2.30. The Morgan fingerprint density at radius 1 is 1.09 bits per heavy atom. The van der Waals surface area contributed by atoms with Gasteiger partial charge >= 0.3 is 0 Å². The van der Waals surface area contributed by atoms with Gasteiger partial charge in [0.2, 0.25) is 0 Å².